The van der Waals surface area contributed by atoms with Crippen molar-refractivity contribution in [1.82, 2.24) is 9.80 Å². The molecule has 2 amide bonds. The van der Waals surface area contributed by atoms with Crippen molar-refractivity contribution in [2.75, 3.05) is 25.6 Å². The number of likely N-dealkylation sites (tertiary alicyclic amines) is 1. The van der Waals surface area contributed by atoms with Gasteiger partial charge < -0.3 is 9.80 Å². The Hall–Kier alpha value is -1.11. The van der Waals surface area contributed by atoms with Gasteiger partial charge in [-0.2, -0.15) is 0 Å². The standard InChI is InChI=1S/C17H30N2O4S/c1-13(12-24(3,22)23)18(2)17(21)14-10-16(20)19(11-14)15-8-6-4-5-7-9-15/h13-15H,4-12H2,1-3H3. The van der Waals surface area contributed by atoms with Gasteiger partial charge in [-0.15, -0.1) is 0 Å². The molecule has 0 N–H and O–H groups in total. The molecule has 1 aliphatic carbocycles. The molecule has 2 rings (SSSR count). The predicted octanol–water partition coefficient (Wildman–Crippen LogP) is 1.45. The molecule has 0 aromatic heterocycles. The van der Waals surface area contributed by atoms with E-state index < -0.39 is 9.84 Å². The van der Waals surface area contributed by atoms with E-state index in [4.69, 9.17) is 0 Å². The average Bonchev–Trinajstić information content (AvgIpc) is 2.71. The normalized spacial score (nSPS) is 24.7. The van der Waals surface area contributed by atoms with Crippen LogP contribution in [0, 0.1) is 5.92 Å². The minimum absolute atomic E-state index is 0.0533. The summed E-state index contributed by atoms with van der Waals surface area (Å²) in [5.41, 5.74) is 0. The van der Waals surface area contributed by atoms with Gasteiger partial charge in [0.1, 0.15) is 9.84 Å². The highest BCUT2D eigenvalue weighted by Gasteiger charge is 2.39. The van der Waals surface area contributed by atoms with Crippen LogP contribution in [0.2, 0.25) is 0 Å². The summed E-state index contributed by atoms with van der Waals surface area (Å²) in [4.78, 5) is 28.4. The molecule has 1 saturated heterocycles. The SMILES string of the molecule is CC(CS(C)(=O)=O)N(C)C(=O)C1CC(=O)N(C2CCCCCC2)C1. The second-order valence-corrected chi connectivity index (χ2v) is 9.67. The van der Waals surface area contributed by atoms with Crippen LogP contribution in [0.15, 0.2) is 0 Å². The summed E-state index contributed by atoms with van der Waals surface area (Å²) >= 11 is 0. The van der Waals surface area contributed by atoms with E-state index >= 15 is 0 Å². The molecule has 1 aliphatic heterocycles. The van der Waals surface area contributed by atoms with Crippen LogP contribution in [0.4, 0.5) is 0 Å². The molecule has 2 unspecified atom stereocenters. The first-order chi connectivity index (χ1) is 11.2. The van der Waals surface area contributed by atoms with E-state index in [-0.39, 0.29) is 42.0 Å². The van der Waals surface area contributed by atoms with Gasteiger partial charge >= 0.3 is 0 Å². The second-order valence-electron chi connectivity index (χ2n) is 7.48. The maximum Gasteiger partial charge on any atom is 0.228 e. The third kappa shape index (κ3) is 4.94. The minimum atomic E-state index is -3.14. The van der Waals surface area contributed by atoms with Crippen molar-refractivity contribution in [3.05, 3.63) is 0 Å². The zero-order chi connectivity index (χ0) is 17.9. The van der Waals surface area contributed by atoms with Crippen LogP contribution in [0.1, 0.15) is 51.9 Å². The summed E-state index contributed by atoms with van der Waals surface area (Å²) in [6.45, 7) is 2.22. The fourth-order valence-electron chi connectivity index (χ4n) is 3.87. The quantitative estimate of drug-likeness (QED) is 0.697. The van der Waals surface area contributed by atoms with Crippen LogP contribution < -0.4 is 0 Å². The molecular formula is C17H30N2O4S. The van der Waals surface area contributed by atoms with Gasteiger partial charge in [-0.25, -0.2) is 8.42 Å². The fourth-order valence-corrected chi connectivity index (χ4v) is 4.97. The van der Waals surface area contributed by atoms with Crippen LogP contribution in [-0.2, 0) is 19.4 Å². The molecular weight excluding hydrogens is 328 g/mol. The summed E-state index contributed by atoms with van der Waals surface area (Å²) in [5.74, 6) is -0.435. The number of rotatable bonds is 5. The lowest BCUT2D eigenvalue weighted by Gasteiger charge is -2.29. The zero-order valence-electron chi connectivity index (χ0n) is 15.0. The highest BCUT2D eigenvalue weighted by Crippen LogP contribution is 2.29. The Kier molecular flexibility index (Phi) is 6.28. The van der Waals surface area contributed by atoms with E-state index in [1.807, 2.05) is 4.90 Å². The van der Waals surface area contributed by atoms with Gasteiger partial charge in [-0.05, 0) is 19.8 Å². The predicted molar refractivity (Wildman–Crippen MR) is 93.3 cm³/mol. The van der Waals surface area contributed by atoms with Crippen LogP contribution in [0.3, 0.4) is 0 Å². The largest absolute Gasteiger partial charge is 0.342 e. The molecule has 0 bridgehead atoms. The van der Waals surface area contributed by atoms with Gasteiger partial charge in [0.15, 0.2) is 0 Å². The molecule has 2 atom stereocenters. The lowest BCUT2D eigenvalue weighted by Crippen LogP contribution is -2.43. The zero-order valence-corrected chi connectivity index (χ0v) is 15.8. The molecule has 0 radical (unpaired) electrons. The second kappa shape index (κ2) is 7.85. The molecule has 2 aliphatic rings. The fraction of sp³-hybridized carbons (Fsp3) is 0.882. The number of hydrogen-bond donors (Lipinski definition) is 0. The van der Waals surface area contributed by atoms with Crippen molar-refractivity contribution in [2.24, 2.45) is 5.92 Å². The van der Waals surface area contributed by atoms with Crippen molar-refractivity contribution in [3.63, 3.8) is 0 Å². The molecule has 0 aromatic carbocycles. The molecule has 0 aromatic rings. The number of carbonyl (C=O) groups is 2. The summed E-state index contributed by atoms with van der Waals surface area (Å²) in [6.07, 6.45) is 8.26. The highest BCUT2D eigenvalue weighted by atomic mass is 32.2. The summed E-state index contributed by atoms with van der Waals surface area (Å²) < 4.78 is 22.9. The Bertz CT molecular complexity index is 567. The van der Waals surface area contributed by atoms with Gasteiger partial charge in [-0.1, -0.05) is 25.7 Å². The maximum absolute atomic E-state index is 12.7. The van der Waals surface area contributed by atoms with Crippen molar-refractivity contribution >= 4 is 21.7 Å². The van der Waals surface area contributed by atoms with Crippen molar-refractivity contribution in [3.8, 4) is 0 Å². The van der Waals surface area contributed by atoms with Gasteiger partial charge in [0, 0.05) is 38.4 Å². The summed E-state index contributed by atoms with van der Waals surface area (Å²) in [5, 5.41) is 0. The average molecular weight is 359 g/mol. The molecule has 6 nitrogen and oxygen atoms in total. The highest BCUT2D eigenvalue weighted by molar-refractivity contribution is 7.90. The lowest BCUT2D eigenvalue weighted by molar-refractivity contribution is -0.136. The van der Waals surface area contributed by atoms with Crippen LogP contribution in [0.5, 0.6) is 0 Å². The molecule has 2 fully saturated rings. The van der Waals surface area contributed by atoms with E-state index in [2.05, 4.69) is 0 Å². The summed E-state index contributed by atoms with van der Waals surface area (Å²) in [7, 11) is -1.50. The Morgan fingerprint density at radius 1 is 1.25 bits per heavy atom. The topological polar surface area (TPSA) is 74.8 Å². The van der Waals surface area contributed by atoms with Crippen LogP contribution in [0.25, 0.3) is 0 Å². The smallest absolute Gasteiger partial charge is 0.228 e. The number of carbonyl (C=O) groups excluding carboxylic acids is 2. The van der Waals surface area contributed by atoms with E-state index in [9.17, 15) is 18.0 Å². The third-order valence-electron chi connectivity index (χ3n) is 5.33. The Balaban J connectivity index is 1.97. The van der Waals surface area contributed by atoms with Crippen LogP contribution >= 0.6 is 0 Å². The molecule has 7 heteroatoms. The van der Waals surface area contributed by atoms with Crippen LogP contribution in [-0.4, -0.2) is 67.7 Å². The minimum Gasteiger partial charge on any atom is -0.342 e. The monoisotopic (exact) mass is 358 g/mol. The van der Waals surface area contributed by atoms with Gasteiger partial charge in [-0.3, -0.25) is 9.59 Å². The first-order valence-electron chi connectivity index (χ1n) is 8.93. The number of nitrogens with zero attached hydrogens (tertiary/aromatic N) is 2. The van der Waals surface area contributed by atoms with Gasteiger partial charge in [0.25, 0.3) is 0 Å². The van der Waals surface area contributed by atoms with E-state index in [1.54, 1.807) is 14.0 Å². The van der Waals surface area contributed by atoms with E-state index in [1.165, 1.54) is 24.0 Å². The third-order valence-corrected chi connectivity index (χ3v) is 6.41. The molecule has 138 valence electrons. The Labute approximate surface area is 145 Å². The van der Waals surface area contributed by atoms with E-state index in [0.29, 0.717) is 6.54 Å². The summed E-state index contributed by atoms with van der Waals surface area (Å²) in [6, 6.07) is -0.105. The Morgan fingerprint density at radius 2 is 1.83 bits per heavy atom. The molecule has 24 heavy (non-hydrogen) atoms. The van der Waals surface area contributed by atoms with Gasteiger partial charge in [0.05, 0.1) is 11.7 Å². The van der Waals surface area contributed by atoms with Crippen molar-refractivity contribution < 1.29 is 18.0 Å². The van der Waals surface area contributed by atoms with Crippen molar-refractivity contribution in [1.29, 1.82) is 0 Å². The van der Waals surface area contributed by atoms with Gasteiger partial charge in [0.2, 0.25) is 11.8 Å². The Morgan fingerprint density at radius 3 is 2.38 bits per heavy atom. The van der Waals surface area contributed by atoms with Crippen molar-refractivity contribution in [2.45, 2.75) is 64.0 Å². The first-order valence-corrected chi connectivity index (χ1v) is 11.0. The maximum atomic E-state index is 12.7. The number of hydrogen-bond acceptors (Lipinski definition) is 4. The first kappa shape index (κ1) is 19.2. The lowest BCUT2D eigenvalue weighted by atomic mass is 10.1. The number of amides is 2. The molecule has 0 spiro atoms. The molecule has 1 heterocycles. The number of sulfone groups is 1. The molecule has 1 saturated carbocycles. The van der Waals surface area contributed by atoms with E-state index in [0.717, 1.165) is 25.7 Å².